The molecule has 0 spiro atoms. The summed E-state index contributed by atoms with van der Waals surface area (Å²) in [6, 6.07) is 14.4. The first kappa shape index (κ1) is 23.0. The predicted octanol–water partition coefficient (Wildman–Crippen LogP) is 3.38. The van der Waals surface area contributed by atoms with E-state index in [0.29, 0.717) is 32.8 Å². The first-order valence-electron chi connectivity index (χ1n) is 11.2. The minimum atomic E-state index is -0.255. The fourth-order valence-electron chi connectivity index (χ4n) is 4.28. The fourth-order valence-corrected chi connectivity index (χ4v) is 4.41. The Kier molecular flexibility index (Phi) is 7.97. The number of halogens is 2. The molecular formula is C24H30ClFN4O2. The molecule has 172 valence electrons. The number of urea groups is 1. The lowest BCUT2D eigenvalue weighted by atomic mass is 10.0. The minimum absolute atomic E-state index is 0.00496. The first-order valence-corrected chi connectivity index (χ1v) is 11.5. The number of piperazine rings is 1. The summed E-state index contributed by atoms with van der Waals surface area (Å²) in [4.78, 5) is 19.4. The van der Waals surface area contributed by atoms with Gasteiger partial charge in [0.15, 0.2) is 0 Å². The lowest BCUT2D eigenvalue weighted by molar-refractivity contribution is 0.0163. The van der Waals surface area contributed by atoms with Crippen molar-refractivity contribution in [3.05, 3.63) is 70.5 Å². The molecule has 0 bridgehead atoms. The second-order valence-corrected chi connectivity index (χ2v) is 8.73. The van der Waals surface area contributed by atoms with E-state index in [1.54, 1.807) is 12.1 Å². The standard InChI is InChI=1S/C24H30ClFN4O2/c25-21-5-1-19(2-6-21)18-28-9-11-30(12-10-28)24(31)27-17-23(29-13-15-32-16-14-29)20-3-7-22(26)8-4-20/h1-8,23H,9-18H2,(H,27,31). The highest BCUT2D eigenvalue weighted by Crippen LogP contribution is 2.22. The highest BCUT2D eigenvalue weighted by molar-refractivity contribution is 6.30. The first-order chi connectivity index (χ1) is 15.6. The molecule has 4 rings (SSSR count). The van der Waals surface area contributed by atoms with Crippen molar-refractivity contribution in [3.8, 4) is 0 Å². The molecule has 0 aromatic heterocycles. The van der Waals surface area contributed by atoms with E-state index in [-0.39, 0.29) is 17.9 Å². The number of hydrogen-bond acceptors (Lipinski definition) is 4. The summed E-state index contributed by atoms with van der Waals surface area (Å²) in [5.41, 5.74) is 2.22. The number of carbonyl (C=O) groups excluding carboxylic acids is 1. The van der Waals surface area contributed by atoms with Crippen molar-refractivity contribution < 1.29 is 13.9 Å². The molecule has 8 heteroatoms. The van der Waals surface area contributed by atoms with Crippen LogP contribution in [0.2, 0.25) is 5.02 Å². The van der Waals surface area contributed by atoms with Gasteiger partial charge in [-0.2, -0.15) is 0 Å². The molecule has 1 N–H and O–H groups in total. The van der Waals surface area contributed by atoms with Crippen molar-refractivity contribution >= 4 is 17.6 Å². The molecular weight excluding hydrogens is 431 g/mol. The molecule has 32 heavy (non-hydrogen) atoms. The molecule has 1 unspecified atom stereocenters. The summed E-state index contributed by atoms with van der Waals surface area (Å²) in [6.45, 7) is 7.31. The summed E-state index contributed by atoms with van der Waals surface area (Å²) in [5, 5.41) is 3.85. The lowest BCUT2D eigenvalue weighted by Crippen LogP contribution is -2.52. The minimum Gasteiger partial charge on any atom is -0.379 e. The highest BCUT2D eigenvalue weighted by atomic mass is 35.5. The molecule has 2 aromatic carbocycles. The maximum atomic E-state index is 13.4. The Morgan fingerprint density at radius 3 is 2.28 bits per heavy atom. The van der Waals surface area contributed by atoms with E-state index in [1.165, 1.54) is 17.7 Å². The zero-order valence-corrected chi connectivity index (χ0v) is 18.9. The van der Waals surface area contributed by atoms with Gasteiger partial charge in [-0.15, -0.1) is 0 Å². The van der Waals surface area contributed by atoms with E-state index in [9.17, 15) is 9.18 Å². The maximum Gasteiger partial charge on any atom is 0.317 e. The molecule has 2 saturated heterocycles. The zero-order valence-electron chi connectivity index (χ0n) is 18.2. The van der Waals surface area contributed by atoms with Gasteiger partial charge in [0.2, 0.25) is 0 Å². The third-order valence-corrected chi connectivity index (χ3v) is 6.42. The topological polar surface area (TPSA) is 48.1 Å². The molecule has 2 aliphatic heterocycles. The normalized spacial score (nSPS) is 19.0. The molecule has 2 fully saturated rings. The van der Waals surface area contributed by atoms with E-state index in [1.807, 2.05) is 29.2 Å². The van der Waals surface area contributed by atoms with Crippen molar-refractivity contribution in [2.24, 2.45) is 0 Å². The Labute approximate surface area is 193 Å². The van der Waals surface area contributed by atoms with Crippen molar-refractivity contribution in [2.45, 2.75) is 12.6 Å². The van der Waals surface area contributed by atoms with E-state index in [4.69, 9.17) is 16.3 Å². The number of rotatable bonds is 6. The molecule has 2 amide bonds. The summed E-state index contributed by atoms with van der Waals surface area (Å²) in [6.07, 6.45) is 0. The van der Waals surface area contributed by atoms with E-state index < -0.39 is 0 Å². The van der Waals surface area contributed by atoms with Crippen molar-refractivity contribution in [3.63, 3.8) is 0 Å². The molecule has 2 heterocycles. The number of benzene rings is 2. The van der Waals surface area contributed by atoms with Gasteiger partial charge >= 0.3 is 6.03 Å². The van der Waals surface area contributed by atoms with Crippen LogP contribution < -0.4 is 5.32 Å². The summed E-state index contributed by atoms with van der Waals surface area (Å²) >= 11 is 5.97. The number of nitrogens with zero attached hydrogens (tertiary/aromatic N) is 3. The van der Waals surface area contributed by atoms with Crippen LogP contribution in [0.4, 0.5) is 9.18 Å². The second kappa shape index (κ2) is 11.1. The second-order valence-electron chi connectivity index (χ2n) is 8.29. The SMILES string of the molecule is O=C(NCC(c1ccc(F)cc1)N1CCOCC1)N1CCN(Cc2ccc(Cl)cc2)CC1. The number of carbonyl (C=O) groups is 1. The molecule has 0 saturated carbocycles. The Morgan fingerprint density at radius 2 is 1.62 bits per heavy atom. The number of ether oxygens (including phenoxy) is 1. The largest absolute Gasteiger partial charge is 0.379 e. The molecule has 2 aliphatic rings. The van der Waals surface area contributed by atoms with Gasteiger partial charge in [0, 0.05) is 57.4 Å². The molecule has 6 nitrogen and oxygen atoms in total. The van der Waals surface area contributed by atoms with E-state index in [0.717, 1.165) is 43.3 Å². The summed E-state index contributed by atoms with van der Waals surface area (Å²) in [7, 11) is 0. The van der Waals surface area contributed by atoms with Crippen LogP contribution in [-0.4, -0.2) is 79.8 Å². The van der Waals surface area contributed by atoms with Gasteiger partial charge < -0.3 is 15.0 Å². The number of nitrogens with one attached hydrogen (secondary N) is 1. The van der Waals surface area contributed by atoms with Crippen LogP contribution in [0.15, 0.2) is 48.5 Å². The van der Waals surface area contributed by atoms with Gasteiger partial charge in [-0.3, -0.25) is 9.80 Å². The average molecular weight is 461 g/mol. The maximum absolute atomic E-state index is 13.4. The van der Waals surface area contributed by atoms with Crippen LogP contribution in [-0.2, 0) is 11.3 Å². The Balaban J connectivity index is 1.29. The van der Waals surface area contributed by atoms with Gasteiger partial charge in [0.05, 0.1) is 19.3 Å². The Morgan fingerprint density at radius 1 is 0.969 bits per heavy atom. The molecule has 0 aliphatic carbocycles. The number of hydrogen-bond donors (Lipinski definition) is 1. The Hall–Kier alpha value is -2.19. The van der Waals surface area contributed by atoms with Crippen molar-refractivity contribution in [1.82, 2.24) is 20.0 Å². The van der Waals surface area contributed by atoms with Gasteiger partial charge in [-0.05, 0) is 35.4 Å². The Bertz CT molecular complexity index is 867. The number of morpholine rings is 1. The van der Waals surface area contributed by atoms with Gasteiger partial charge in [-0.1, -0.05) is 35.9 Å². The van der Waals surface area contributed by atoms with Crippen molar-refractivity contribution in [1.29, 1.82) is 0 Å². The quantitative estimate of drug-likeness (QED) is 0.718. The van der Waals surface area contributed by atoms with Crippen LogP contribution >= 0.6 is 11.6 Å². The van der Waals surface area contributed by atoms with Gasteiger partial charge in [0.25, 0.3) is 0 Å². The monoisotopic (exact) mass is 460 g/mol. The fraction of sp³-hybridized carbons (Fsp3) is 0.458. The third kappa shape index (κ3) is 6.19. The van der Waals surface area contributed by atoms with E-state index in [2.05, 4.69) is 15.1 Å². The van der Waals surface area contributed by atoms with Crippen LogP contribution in [0.25, 0.3) is 0 Å². The van der Waals surface area contributed by atoms with Gasteiger partial charge in [0.1, 0.15) is 5.82 Å². The predicted molar refractivity (Wildman–Crippen MR) is 123 cm³/mol. The smallest absolute Gasteiger partial charge is 0.317 e. The van der Waals surface area contributed by atoms with E-state index >= 15 is 0 Å². The highest BCUT2D eigenvalue weighted by Gasteiger charge is 2.26. The van der Waals surface area contributed by atoms with Crippen LogP contribution in [0.5, 0.6) is 0 Å². The summed E-state index contributed by atoms with van der Waals surface area (Å²) in [5.74, 6) is -0.255. The molecule has 1 atom stereocenters. The molecule has 0 radical (unpaired) electrons. The van der Waals surface area contributed by atoms with Crippen molar-refractivity contribution in [2.75, 3.05) is 59.0 Å². The van der Waals surface area contributed by atoms with Gasteiger partial charge in [-0.25, -0.2) is 9.18 Å². The zero-order chi connectivity index (χ0) is 22.3. The summed E-state index contributed by atoms with van der Waals surface area (Å²) < 4.78 is 18.9. The van der Waals surface area contributed by atoms with Crippen LogP contribution in [0.3, 0.4) is 0 Å². The number of amides is 2. The average Bonchev–Trinajstić information content (AvgIpc) is 2.83. The third-order valence-electron chi connectivity index (χ3n) is 6.17. The lowest BCUT2D eigenvalue weighted by Gasteiger charge is -2.37. The molecule has 2 aromatic rings. The van der Waals surface area contributed by atoms with Crippen LogP contribution in [0, 0.1) is 5.82 Å². The van der Waals surface area contributed by atoms with Crippen LogP contribution in [0.1, 0.15) is 17.2 Å².